The van der Waals surface area contributed by atoms with Crippen LogP contribution in [0.4, 0.5) is 4.39 Å². The quantitative estimate of drug-likeness (QED) is 0.786. The number of rotatable bonds is 7. The van der Waals surface area contributed by atoms with Gasteiger partial charge in [0.05, 0.1) is 13.7 Å². The second-order valence-electron chi connectivity index (χ2n) is 5.73. The van der Waals surface area contributed by atoms with E-state index in [-0.39, 0.29) is 24.1 Å². The zero-order chi connectivity index (χ0) is 15.5. The van der Waals surface area contributed by atoms with Crippen LogP contribution >= 0.6 is 0 Å². The van der Waals surface area contributed by atoms with E-state index < -0.39 is 5.54 Å². The number of aryl methyl sites for hydroxylation is 1. The van der Waals surface area contributed by atoms with Crippen LogP contribution in [0.25, 0.3) is 0 Å². The van der Waals surface area contributed by atoms with Crippen molar-refractivity contribution in [3.05, 3.63) is 29.6 Å². The van der Waals surface area contributed by atoms with Gasteiger partial charge in [-0.3, -0.25) is 10.1 Å². The molecule has 1 unspecified atom stereocenters. The van der Waals surface area contributed by atoms with Crippen molar-refractivity contribution in [3.8, 4) is 5.75 Å². The minimum Gasteiger partial charge on any atom is -0.490 e. The van der Waals surface area contributed by atoms with Gasteiger partial charge in [-0.2, -0.15) is 0 Å². The number of halogens is 1. The van der Waals surface area contributed by atoms with Gasteiger partial charge in [0.1, 0.15) is 5.54 Å². The molecule has 1 aliphatic carbocycles. The fourth-order valence-corrected chi connectivity index (χ4v) is 2.23. The molecule has 5 heteroatoms. The summed E-state index contributed by atoms with van der Waals surface area (Å²) in [6.45, 7) is 3.73. The molecule has 0 spiro atoms. The van der Waals surface area contributed by atoms with Crippen LogP contribution in [0.2, 0.25) is 0 Å². The van der Waals surface area contributed by atoms with Crippen LogP contribution in [0.3, 0.4) is 0 Å². The van der Waals surface area contributed by atoms with E-state index in [0.29, 0.717) is 18.0 Å². The molecule has 1 saturated carbocycles. The van der Waals surface area contributed by atoms with E-state index in [9.17, 15) is 9.18 Å². The Hall–Kier alpha value is -1.62. The molecule has 1 aromatic carbocycles. The topological polar surface area (TPSA) is 47.6 Å². The van der Waals surface area contributed by atoms with Crippen LogP contribution in [0, 0.1) is 12.7 Å². The van der Waals surface area contributed by atoms with E-state index in [2.05, 4.69) is 5.32 Å². The highest BCUT2D eigenvalue weighted by molar-refractivity contribution is 5.80. The standard InChI is InChI=1S/C16H22FNO3/c1-11-5-4-6-13(14(11)17)21-10-9-16(2,15(19)20-3)18-12-7-8-12/h4-6,12,18H,7-10H2,1-3H3. The smallest absolute Gasteiger partial charge is 0.325 e. The molecule has 4 nitrogen and oxygen atoms in total. The monoisotopic (exact) mass is 295 g/mol. The molecule has 0 aliphatic heterocycles. The Kier molecular flexibility index (Phi) is 4.83. The molecular formula is C16H22FNO3. The summed E-state index contributed by atoms with van der Waals surface area (Å²) in [5.74, 6) is -0.455. The normalized spacial score (nSPS) is 17.1. The Balaban J connectivity index is 1.95. The van der Waals surface area contributed by atoms with Crippen LogP contribution in [0.1, 0.15) is 31.7 Å². The third-order valence-electron chi connectivity index (χ3n) is 3.75. The van der Waals surface area contributed by atoms with E-state index in [4.69, 9.17) is 9.47 Å². The lowest BCUT2D eigenvalue weighted by atomic mass is 9.98. The fourth-order valence-electron chi connectivity index (χ4n) is 2.23. The summed E-state index contributed by atoms with van der Waals surface area (Å²) in [6, 6.07) is 5.39. The number of benzene rings is 1. The predicted octanol–water partition coefficient (Wildman–Crippen LogP) is 2.59. The van der Waals surface area contributed by atoms with Crippen molar-refractivity contribution >= 4 is 5.97 Å². The van der Waals surface area contributed by atoms with E-state index in [1.54, 1.807) is 32.0 Å². The highest BCUT2D eigenvalue weighted by Crippen LogP contribution is 2.26. The third-order valence-corrected chi connectivity index (χ3v) is 3.75. The Morgan fingerprint density at radius 2 is 2.19 bits per heavy atom. The summed E-state index contributed by atoms with van der Waals surface area (Å²) in [7, 11) is 1.37. The van der Waals surface area contributed by atoms with Gasteiger partial charge in [-0.25, -0.2) is 4.39 Å². The van der Waals surface area contributed by atoms with Gasteiger partial charge in [0.25, 0.3) is 0 Å². The third kappa shape index (κ3) is 3.94. The maximum Gasteiger partial charge on any atom is 0.325 e. The molecular weight excluding hydrogens is 273 g/mol. The van der Waals surface area contributed by atoms with Gasteiger partial charge in [0.2, 0.25) is 0 Å². The maximum atomic E-state index is 13.8. The first-order valence-electron chi connectivity index (χ1n) is 7.20. The second-order valence-corrected chi connectivity index (χ2v) is 5.73. The van der Waals surface area contributed by atoms with Crippen LogP contribution < -0.4 is 10.1 Å². The van der Waals surface area contributed by atoms with E-state index in [1.807, 2.05) is 0 Å². The molecule has 21 heavy (non-hydrogen) atoms. The molecule has 0 radical (unpaired) electrons. The van der Waals surface area contributed by atoms with Gasteiger partial charge >= 0.3 is 5.97 Å². The molecule has 0 aromatic heterocycles. The number of esters is 1. The number of methoxy groups -OCH3 is 1. The Morgan fingerprint density at radius 3 is 2.81 bits per heavy atom. The van der Waals surface area contributed by atoms with Gasteiger partial charge in [-0.1, -0.05) is 12.1 Å². The second kappa shape index (κ2) is 6.43. The van der Waals surface area contributed by atoms with Crippen molar-refractivity contribution in [1.82, 2.24) is 5.32 Å². The number of carbonyl (C=O) groups excluding carboxylic acids is 1. The van der Waals surface area contributed by atoms with Gasteiger partial charge in [0.15, 0.2) is 11.6 Å². The van der Waals surface area contributed by atoms with Crippen molar-refractivity contribution < 1.29 is 18.7 Å². The number of hydrogen-bond donors (Lipinski definition) is 1. The fraction of sp³-hybridized carbons (Fsp3) is 0.562. The van der Waals surface area contributed by atoms with Crippen molar-refractivity contribution in [2.75, 3.05) is 13.7 Å². The van der Waals surface area contributed by atoms with Crippen molar-refractivity contribution in [3.63, 3.8) is 0 Å². The summed E-state index contributed by atoms with van der Waals surface area (Å²) in [6.07, 6.45) is 2.56. The zero-order valence-corrected chi connectivity index (χ0v) is 12.7. The van der Waals surface area contributed by atoms with E-state index in [1.165, 1.54) is 7.11 Å². The number of nitrogens with one attached hydrogen (secondary N) is 1. The van der Waals surface area contributed by atoms with Gasteiger partial charge in [-0.05, 0) is 38.3 Å². The lowest BCUT2D eigenvalue weighted by molar-refractivity contribution is -0.148. The first-order valence-corrected chi connectivity index (χ1v) is 7.20. The minimum atomic E-state index is -0.795. The molecule has 1 fully saturated rings. The van der Waals surface area contributed by atoms with Gasteiger partial charge < -0.3 is 9.47 Å². The molecule has 1 N–H and O–H groups in total. The van der Waals surface area contributed by atoms with Crippen LogP contribution in [-0.2, 0) is 9.53 Å². The van der Waals surface area contributed by atoms with Crippen molar-refractivity contribution in [2.24, 2.45) is 0 Å². The van der Waals surface area contributed by atoms with Crippen LogP contribution in [0.15, 0.2) is 18.2 Å². The summed E-state index contributed by atoms with van der Waals surface area (Å²) in [5, 5.41) is 3.28. The Labute approximate surface area is 124 Å². The van der Waals surface area contributed by atoms with Crippen LogP contribution in [-0.4, -0.2) is 31.3 Å². The first kappa shape index (κ1) is 15.8. The average Bonchev–Trinajstić information content (AvgIpc) is 3.26. The summed E-state index contributed by atoms with van der Waals surface area (Å²) < 4.78 is 24.2. The lowest BCUT2D eigenvalue weighted by Crippen LogP contribution is -2.52. The predicted molar refractivity (Wildman–Crippen MR) is 77.8 cm³/mol. The summed E-state index contributed by atoms with van der Waals surface area (Å²) in [5.41, 5.74) is -0.254. The molecule has 1 aliphatic rings. The van der Waals surface area contributed by atoms with Crippen molar-refractivity contribution in [2.45, 2.75) is 44.7 Å². The van der Waals surface area contributed by atoms with Gasteiger partial charge in [-0.15, -0.1) is 0 Å². The molecule has 0 heterocycles. The van der Waals surface area contributed by atoms with Crippen molar-refractivity contribution in [1.29, 1.82) is 0 Å². The molecule has 0 bridgehead atoms. The first-order chi connectivity index (χ1) is 9.96. The molecule has 0 amide bonds. The molecule has 1 aromatic rings. The number of ether oxygens (including phenoxy) is 2. The largest absolute Gasteiger partial charge is 0.490 e. The molecule has 1 atom stereocenters. The van der Waals surface area contributed by atoms with Gasteiger partial charge in [0, 0.05) is 12.5 Å². The zero-order valence-electron chi connectivity index (χ0n) is 12.7. The van der Waals surface area contributed by atoms with E-state index in [0.717, 1.165) is 12.8 Å². The molecule has 0 saturated heterocycles. The maximum absolute atomic E-state index is 13.8. The lowest BCUT2D eigenvalue weighted by Gasteiger charge is -2.28. The minimum absolute atomic E-state index is 0.216. The Bertz CT molecular complexity index is 516. The summed E-state index contributed by atoms with van der Waals surface area (Å²) >= 11 is 0. The highest BCUT2D eigenvalue weighted by atomic mass is 19.1. The highest BCUT2D eigenvalue weighted by Gasteiger charge is 2.39. The Morgan fingerprint density at radius 1 is 1.48 bits per heavy atom. The average molecular weight is 295 g/mol. The SMILES string of the molecule is COC(=O)C(C)(CCOc1cccc(C)c1F)NC1CC1. The van der Waals surface area contributed by atoms with Crippen LogP contribution in [0.5, 0.6) is 5.75 Å². The van der Waals surface area contributed by atoms with E-state index >= 15 is 0 Å². The summed E-state index contributed by atoms with van der Waals surface area (Å²) in [4.78, 5) is 11.9. The number of hydrogen-bond acceptors (Lipinski definition) is 4. The molecule has 2 rings (SSSR count). The number of carbonyl (C=O) groups is 1. The molecule has 116 valence electrons.